The molecule has 0 aliphatic carbocycles. The number of hydrogen-bond acceptors (Lipinski definition) is 4. The Morgan fingerprint density at radius 1 is 1.00 bits per heavy atom. The van der Waals surface area contributed by atoms with Crippen LogP contribution in [0.25, 0.3) is 33.6 Å². The lowest BCUT2D eigenvalue weighted by Crippen LogP contribution is -2.37. The van der Waals surface area contributed by atoms with Crippen LogP contribution in [0.3, 0.4) is 0 Å². The molecule has 0 radical (unpaired) electrons. The van der Waals surface area contributed by atoms with Gasteiger partial charge in [0.15, 0.2) is 0 Å². The van der Waals surface area contributed by atoms with Gasteiger partial charge < -0.3 is 4.90 Å². The van der Waals surface area contributed by atoms with E-state index in [1.54, 1.807) is 10.6 Å². The van der Waals surface area contributed by atoms with Crippen molar-refractivity contribution in [2.75, 3.05) is 13.1 Å². The van der Waals surface area contributed by atoms with Crippen molar-refractivity contribution in [3.05, 3.63) is 96.7 Å². The number of amides is 1. The van der Waals surface area contributed by atoms with Crippen molar-refractivity contribution in [3.63, 3.8) is 0 Å². The van der Waals surface area contributed by atoms with Gasteiger partial charge in [-0.15, -0.1) is 11.3 Å². The summed E-state index contributed by atoms with van der Waals surface area (Å²) >= 11 is 13.9. The second-order valence-electron chi connectivity index (χ2n) is 10.2. The number of aryl methyl sites for hydroxylation is 1. The van der Waals surface area contributed by atoms with Crippen LogP contribution < -0.4 is 5.56 Å². The van der Waals surface area contributed by atoms with E-state index in [1.165, 1.54) is 11.3 Å². The van der Waals surface area contributed by atoms with Gasteiger partial charge in [0, 0.05) is 34.1 Å². The quantitative estimate of drug-likeness (QED) is 0.226. The number of nitrogens with zero attached hydrogens (tertiary/aromatic N) is 3. The number of thiazole rings is 1. The molecule has 4 aromatic rings. The van der Waals surface area contributed by atoms with Gasteiger partial charge in [0.05, 0.1) is 28.2 Å². The van der Waals surface area contributed by atoms with Crippen molar-refractivity contribution >= 4 is 46.5 Å². The van der Waals surface area contributed by atoms with E-state index in [0.29, 0.717) is 57.1 Å². The minimum atomic E-state index is -0.239. The topological polar surface area (TPSA) is 55.2 Å². The Labute approximate surface area is 248 Å². The molecule has 0 unspecified atom stereocenters. The number of piperidine rings is 1. The lowest BCUT2D eigenvalue weighted by atomic mass is 10.0. The van der Waals surface area contributed by atoms with Gasteiger partial charge in [0.25, 0.3) is 11.5 Å². The summed E-state index contributed by atoms with van der Waals surface area (Å²) in [5.41, 5.74) is 5.47. The third kappa shape index (κ3) is 5.80. The highest BCUT2D eigenvalue weighted by atomic mass is 35.5. The van der Waals surface area contributed by atoms with Gasteiger partial charge in [-0.2, -0.15) is 0 Å². The van der Waals surface area contributed by atoms with Crippen LogP contribution in [0, 0.1) is 0 Å². The molecule has 5 rings (SSSR count). The molecule has 40 heavy (non-hydrogen) atoms. The summed E-state index contributed by atoms with van der Waals surface area (Å²) in [7, 11) is 0. The standard InChI is InChI=1S/C32H31Cl2N3O2S/c1-4-21-8-13-24(34)17-28(21)37-29(16-20(2)3)25(31(38)36-14-6-5-7-15-36)18-26(32(37)39)30-35-27(19-40-30)22-9-11-23(33)12-10-22/h8-13,16-19H,4-7,14-15H2,1-3H3. The van der Waals surface area contributed by atoms with Crippen LogP contribution in [0.1, 0.15) is 61.6 Å². The van der Waals surface area contributed by atoms with Crippen LogP contribution in [-0.4, -0.2) is 33.4 Å². The van der Waals surface area contributed by atoms with E-state index >= 15 is 0 Å². The molecule has 0 atom stereocenters. The monoisotopic (exact) mass is 591 g/mol. The van der Waals surface area contributed by atoms with Crippen molar-refractivity contribution in [3.8, 4) is 27.5 Å². The number of benzene rings is 2. The summed E-state index contributed by atoms with van der Waals surface area (Å²) in [6.45, 7) is 7.39. The third-order valence-corrected chi connectivity index (χ3v) is 8.44. The third-order valence-electron chi connectivity index (χ3n) is 7.08. The number of carbonyl (C=O) groups is 1. The normalized spacial score (nSPS) is 13.4. The van der Waals surface area contributed by atoms with Crippen LogP contribution in [0.15, 0.2) is 64.3 Å². The molecule has 2 aromatic heterocycles. The number of carbonyl (C=O) groups excluding carboxylic acids is 1. The fraction of sp³-hybridized carbons (Fsp3) is 0.281. The first-order valence-electron chi connectivity index (χ1n) is 13.5. The molecule has 1 amide bonds. The minimum absolute atomic E-state index is 0.0724. The van der Waals surface area contributed by atoms with Crippen LogP contribution in [0.2, 0.25) is 10.0 Å². The minimum Gasteiger partial charge on any atom is -0.339 e. The molecular formula is C32H31Cl2N3O2S. The Kier molecular flexibility index (Phi) is 8.60. The molecule has 5 nitrogen and oxygen atoms in total. The molecular weight excluding hydrogens is 561 g/mol. The highest BCUT2D eigenvalue weighted by molar-refractivity contribution is 7.13. The zero-order valence-electron chi connectivity index (χ0n) is 22.8. The molecule has 206 valence electrons. The Balaban J connectivity index is 1.79. The van der Waals surface area contributed by atoms with E-state index in [0.717, 1.165) is 41.7 Å². The van der Waals surface area contributed by atoms with Crippen molar-refractivity contribution in [2.45, 2.75) is 46.5 Å². The van der Waals surface area contributed by atoms with Crippen molar-refractivity contribution < 1.29 is 4.79 Å². The number of allylic oxidation sites excluding steroid dienone is 1. The first-order valence-corrected chi connectivity index (χ1v) is 15.1. The van der Waals surface area contributed by atoms with E-state index in [4.69, 9.17) is 28.2 Å². The summed E-state index contributed by atoms with van der Waals surface area (Å²) in [5.74, 6) is -0.0724. The van der Waals surface area contributed by atoms with Crippen molar-refractivity contribution in [1.82, 2.24) is 14.5 Å². The van der Waals surface area contributed by atoms with Gasteiger partial charge in [-0.3, -0.25) is 14.2 Å². The number of pyridine rings is 1. The van der Waals surface area contributed by atoms with Gasteiger partial charge >= 0.3 is 0 Å². The summed E-state index contributed by atoms with van der Waals surface area (Å²) in [6, 6.07) is 14.8. The predicted octanol–water partition coefficient (Wildman–Crippen LogP) is 8.55. The first kappa shape index (κ1) is 28.3. The van der Waals surface area contributed by atoms with E-state index in [2.05, 4.69) is 0 Å². The summed E-state index contributed by atoms with van der Waals surface area (Å²) in [6.07, 6.45) is 5.68. The van der Waals surface area contributed by atoms with Crippen LogP contribution in [-0.2, 0) is 6.42 Å². The summed E-state index contributed by atoms with van der Waals surface area (Å²) in [5, 5.41) is 3.65. The fourth-order valence-corrected chi connectivity index (χ4v) is 6.20. The van der Waals surface area contributed by atoms with Crippen LogP contribution in [0.4, 0.5) is 0 Å². The molecule has 0 saturated carbocycles. The Morgan fingerprint density at radius 3 is 2.38 bits per heavy atom. The maximum absolute atomic E-state index is 14.4. The molecule has 1 saturated heterocycles. The fourth-order valence-electron chi connectivity index (χ4n) is 5.07. The highest BCUT2D eigenvalue weighted by Crippen LogP contribution is 2.32. The number of aromatic nitrogens is 2. The van der Waals surface area contributed by atoms with E-state index in [-0.39, 0.29) is 11.5 Å². The lowest BCUT2D eigenvalue weighted by Gasteiger charge is -2.28. The second kappa shape index (κ2) is 12.1. The molecule has 3 heterocycles. The van der Waals surface area contributed by atoms with E-state index < -0.39 is 0 Å². The number of likely N-dealkylation sites (tertiary alicyclic amines) is 1. The zero-order chi connectivity index (χ0) is 28.4. The van der Waals surface area contributed by atoms with Gasteiger partial charge in [-0.25, -0.2) is 4.98 Å². The molecule has 8 heteroatoms. The number of rotatable bonds is 6. The molecule has 0 N–H and O–H groups in total. The first-order chi connectivity index (χ1) is 19.3. The molecule has 1 fully saturated rings. The van der Waals surface area contributed by atoms with E-state index in [9.17, 15) is 9.59 Å². The average Bonchev–Trinajstić information content (AvgIpc) is 3.43. The molecule has 1 aliphatic rings. The zero-order valence-corrected chi connectivity index (χ0v) is 25.2. The summed E-state index contributed by atoms with van der Waals surface area (Å²) in [4.78, 5) is 35.2. The average molecular weight is 593 g/mol. The SMILES string of the molecule is CCc1ccc(Cl)cc1-n1c(C=C(C)C)c(C(=O)N2CCCCC2)cc(-c2nc(-c3ccc(Cl)cc3)cs2)c1=O. The maximum atomic E-state index is 14.4. The van der Waals surface area contributed by atoms with Gasteiger partial charge in [0.2, 0.25) is 0 Å². The van der Waals surface area contributed by atoms with Crippen LogP contribution >= 0.6 is 34.5 Å². The molecule has 2 aromatic carbocycles. The lowest BCUT2D eigenvalue weighted by molar-refractivity contribution is 0.0723. The van der Waals surface area contributed by atoms with Crippen molar-refractivity contribution in [1.29, 1.82) is 0 Å². The Morgan fingerprint density at radius 2 is 1.70 bits per heavy atom. The number of hydrogen-bond donors (Lipinski definition) is 0. The Hall–Kier alpha value is -3.19. The van der Waals surface area contributed by atoms with Crippen molar-refractivity contribution in [2.24, 2.45) is 0 Å². The number of halogens is 2. The molecule has 0 spiro atoms. The summed E-state index contributed by atoms with van der Waals surface area (Å²) < 4.78 is 1.66. The largest absolute Gasteiger partial charge is 0.339 e. The van der Waals surface area contributed by atoms with Gasteiger partial charge in [-0.05, 0) is 81.5 Å². The highest BCUT2D eigenvalue weighted by Gasteiger charge is 2.27. The Bertz CT molecular complexity index is 1640. The second-order valence-corrected chi connectivity index (χ2v) is 12.0. The van der Waals surface area contributed by atoms with Gasteiger partial charge in [-0.1, -0.05) is 53.9 Å². The molecule has 1 aliphatic heterocycles. The molecule has 0 bridgehead atoms. The predicted molar refractivity (Wildman–Crippen MR) is 167 cm³/mol. The maximum Gasteiger partial charge on any atom is 0.265 e. The smallest absolute Gasteiger partial charge is 0.265 e. The van der Waals surface area contributed by atoms with E-state index in [1.807, 2.05) is 79.6 Å². The van der Waals surface area contributed by atoms with Crippen LogP contribution in [0.5, 0.6) is 0 Å². The van der Waals surface area contributed by atoms with Gasteiger partial charge in [0.1, 0.15) is 5.01 Å².